The van der Waals surface area contributed by atoms with Crippen LogP contribution in [0.5, 0.6) is 5.75 Å². The zero-order valence-corrected chi connectivity index (χ0v) is 20.1. The molecule has 0 saturated heterocycles. The lowest BCUT2D eigenvalue weighted by Gasteiger charge is -2.38. The SMILES string of the molecule is Cc1ccc(NC(=O)COc2ccc3c(c2)C(c2ccccc2)N(C(=O)CC(C)C)CC3)cc1. The predicted octanol–water partition coefficient (Wildman–Crippen LogP) is 5.53. The van der Waals surface area contributed by atoms with Crippen molar-refractivity contribution in [3.8, 4) is 5.75 Å². The highest BCUT2D eigenvalue weighted by Gasteiger charge is 2.32. The summed E-state index contributed by atoms with van der Waals surface area (Å²) in [5.74, 6) is 0.872. The molecule has 34 heavy (non-hydrogen) atoms. The molecule has 0 aliphatic carbocycles. The first-order valence-electron chi connectivity index (χ1n) is 11.9. The number of carbonyl (C=O) groups excluding carboxylic acids is 2. The average molecular weight is 457 g/mol. The molecule has 3 aromatic rings. The first-order chi connectivity index (χ1) is 16.4. The summed E-state index contributed by atoms with van der Waals surface area (Å²) in [7, 11) is 0. The summed E-state index contributed by atoms with van der Waals surface area (Å²) in [5.41, 5.74) is 5.23. The third-order valence-corrected chi connectivity index (χ3v) is 6.07. The fraction of sp³-hybridized carbons (Fsp3) is 0.310. The van der Waals surface area contributed by atoms with Gasteiger partial charge in [0, 0.05) is 18.7 Å². The summed E-state index contributed by atoms with van der Waals surface area (Å²) in [6.07, 6.45) is 1.32. The van der Waals surface area contributed by atoms with Gasteiger partial charge in [0.2, 0.25) is 5.91 Å². The smallest absolute Gasteiger partial charge is 0.262 e. The molecule has 3 aromatic carbocycles. The van der Waals surface area contributed by atoms with Gasteiger partial charge in [0.1, 0.15) is 5.75 Å². The van der Waals surface area contributed by atoms with Gasteiger partial charge in [0.25, 0.3) is 5.91 Å². The minimum atomic E-state index is -0.213. The van der Waals surface area contributed by atoms with E-state index < -0.39 is 0 Å². The van der Waals surface area contributed by atoms with E-state index in [2.05, 4.69) is 37.4 Å². The maximum Gasteiger partial charge on any atom is 0.262 e. The summed E-state index contributed by atoms with van der Waals surface area (Å²) in [5, 5.41) is 2.86. The molecule has 0 bridgehead atoms. The van der Waals surface area contributed by atoms with E-state index >= 15 is 0 Å². The number of ether oxygens (including phenoxy) is 1. The fourth-order valence-corrected chi connectivity index (χ4v) is 4.40. The van der Waals surface area contributed by atoms with E-state index in [-0.39, 0.29) is 24.5 Å². The molecule has 1 unspecified atom stereocenters. The third-order valence-electron chi connectivity index (χ3n) is 6.07. The molecule has 1 aliphatic rings. The van der Waals surface area contributed by atoms with Crippen LogP contribution >= 0.6 is 0 Å². The van der Waals surface area contributed by atoms with Crippen molar-refractivity contribution >= 4 is 17.5 Å². The summed E-state index contributed by atoms with van der Waals surface area (Å²) in [4.78, 5) is 27.5. The number of carbonyl (C=O) groups is 2. The first kappa shape index (κ1) is 23.6. The van der Waals surface area contributed by atoms with Crippen molar-refractivity contribution in [2.45, 2.75) is 39.7 Å². The Morgan fingerprint density at radius 1 is 1.03 bits per heavy atom. The number of rotatable bonds is 7. The number of hydrogen-bond donors (Lipinski definition) is 1. The molecule has 5 nitrogen and oxygen atoms in total. The molecule has 5 heteroatoms. The standard InChI is InChI=1S/C29H32N2O3/c1-20(2)17-28(33)31-16-15-22-11-14-25(18-26(22)29(31)23-7-5-4-6-8-23)34-19-27(32)30-24-12-9-21(3)10-13-24/h4-14,18,20,29H,15-17,19H2,1-3H3,(H,30,32). The minimum absolute atomic E-state index is 0.0847. The molecule has 0 radical (unpaired) electrons. The van der Waals surface area contributed by atoms with Gasteiger partial charge < -0.3 is 15.0 Å². The summed E-state index contributed by atoms with van der Waals surface area (Å²) >= 11 is 0. The van der Waals surface area contributed by atoms with Gasteiger partial charge in [-0.05, 0) is 60.2 Å². The van der Waals surface area contributed by atoms with E-state index in [4.69, 9.17) is 4.74 Å². The first-order valence-corrected chi connectivity index (χ1v) is 11.9. The summed E-state index contributed by atoms with van der Waals surface area (Å²) in [6.45, 7) is 6.75. The van der Waals surface area contributed by atoms with Gasteiger partial charge in [-0.2, -0.15) is 0 Å². The molecule has 1 N–H and O–H groups in total. The zero-order chi connectivity index (χ0) is 24.1. The van der Waals surface area contributed by atoms with Gasteiger partial charge >= 0.3 is 0 Å². The number of nitrogens with zero attached hydrogens (tertiary/aromatic N) is 1. The van der Waals surface area contributed by atoms with Crippen LogP contribution in [0, 0.1) is 12.8 Å². The van der Waals surface area contributed by atoms with Crippen LogP contribution in [0.3, 0.4) is 0 Å². The molecule has 4 rings (SSSR count). The number of benzene rings is 3. The van der Waals surface area contributed by atoms with Crippen molar-refractivity contribution in [2.75, 3.05) is 18.5 Å². The topological polar surface area (TPSA) is 58.6 Å². The van der Waals surface area contributed by atoms with Gasteiger partial charge in [0.05, 0.1) is 6.04 Å². The number of fused-ring (bicyclic) bond motifs is 1. The van der Waals surface area contributed by atoms with Crippen molar-refractivity contribution < 1.29 is 14.3 Å². The maximum absolute atomic E-state index is 13.1. The van der Waals surface area contributed by atoms with E-state index in [0.717, 1.165) is 28.8 Å². The molecule has 2 amide bonds. The monoisotopic (exact) mass is 456 g/mol. The number of nitrogens with one attached hydrogen (secondary N) is 1. The van der Waals surface area contributed by atoms with E-state index in [1.54, 1.807) is 0 Å². The quantitative estimate of drug-likeness (QED) is 0.508. The number of aryl methyl sites for hydroxylation is 1. The van der Waals surface area contributed by atoms with Crippen LogP contribution in [0.15, 0.2) is 72.8 Å². The Balaban J connectivity index is 1.54. The largest absolute Gasteiger partial charge is 0.484 e. The molecule has 0 saturated carbocycles. The predicted molar refractivity (Wildman–Crippen MR) is 135 cm³/mol. The molecule has 176 valence electrons. The average Bonchev–Trinajstić information content (AvgIpc) is 2.83. The van der Waals surface area contributed by atoms with Crippen molar-refractivity contribution in [2.24, 2.45) is 5.92 Å². The van der Waals surface area contributed by atoms with Crippen molar-refractivity contribution in [3.63, 3.8) is 0 Å². The number of hydrogen-bond acceptors (Lipinski definition) is 3. The minimum Gasteiger partial charge on any atom is -0.484 e. The lowest BCUT2D eigenvalue weighted by Crippen LogP contribution is -2.41. The van der Waals surface area contributed by atoms with Crippen LogP contribution in [0.25, 0.3) is 0 Å². The molecule has 1 aliphatic heterocycles. The highest BCUT2D eigenvalue weighted by molar-refractivity contribution is 5.91. The lowest BCUT2D eigenvalue weighted by atomic mass is 9.87. The molecule has 1 heterocycles. The van der Waals surface area contributed by atoms with Crippen LogP contribution in [-0.2, 0) is 16.0 Å². The summed E-state index contributed by atoms with van der Waals surface area (Å²) < 4.78 is 5.86. The molecule has 0 aromatic heterocycles. The van der Waals surface area contributed by atoms with Crippen molar-refractivity contribution in [1.29, 1.82) is 0 Å². The molecular formula is C29H32N2O3. The fourth-order valence-electron chi connectivity index (χ4n) is 4.40. The molecule has 0 fully saturated rings. The van der Waals surface area contributed by atoms with E-state index in [0.29, 0.717) is 24.6 Å². The van der Waals surface area contributed by atoms with Crippen LogP contribution in [0.1, 0.15) is 48.6 Å². The second kappa shape index (κ2) is 10.6. The highest BCUT2D eigenvalue weighted by Crippen LogP contribution is 2.37. The zero-order valence-electron chi connectivity index (χ0n) is 20.1. The maximum atomic E-state index is 13.1. The van der Waals surface area contributed by atoms with E-state index in [1.165, 1.54) is 5.56 Å². The van der Waals surface area contributed by atoms with Gasteiger partial charge in [-0.1, -0.05) is 67.9 Å². The third kappa shape index (κ3) is 5.66. The Morgan fingerprint density at radius 3 is 2.47 bits per heavy atom. The Kier molecular flexibility index (Phi) is 7.31. The van der Waals surface area contributed by atoms with Crippen LogP contribution < -0.4 is 10.1 Å². The van der Waals surface area contributed by atoms with Crippen molar-refractivity contribution in [1.82, 2.24) is 4.90 Å². The Morgan fingerprint density at radius 2 is 1.76 bits per heavy atom. The van der Waals surface area contributed by atoms with Gasteiger partial charge in [0.15, 0.2) is 6.61 Å². The normalized spacial score (nSPS) is 15.1. The Bertz CT molecular complexity index is 1140. The number of anilines is 1. The second-order valence-electron chi connectivity index (χ2n) is 9.31. The van der Waals surface area contributed by atoms with Gasteiger partial charge in [-0.15, -0.1) is 0 Å². The van der Waals surface area contributed by atoms with E-state index in [9.17, 15) is 9.59 Å². The van der Waals surface area contributed by atoms with Crippen LogP contribution in [-0.4, -0.2) is 29.9 Å². The van der Waals surface area contributed by atoms with E-state index in [1.807, 2.05) is 66.4 Å². The highest BCUT2D eigenvalue weighted by atomic mass is 16.5. The molecular weight excluding hydrogens is 424 g/mol. The molecule has 1 atom stereocenters. The van der Waals surface area contributed by atoms with Gasteiger partial charge in [-0.25, -0.2) is 0 Å². The lowest BCUT2D eigenvalue weighted by molar-refractivity contribution is -0.134. The van der Waals surface area contributed by atoms with Gasteiger partial charge in [-0.3, -0.25) is 9.59 Å². The van der Waals surface area contributed by atoms with Crippen LogP contribution in [0.2, 0.25) is 0 Å². The second-order valence-corrected chi connectivity index (χ2v) is 9.31. The van der Waals surface area contributed by atoms with Crippen LogP contribution in [0.4, 0.5) is 5.69 Å². The molecule has 0 spiro atoms. The Hall–Kier alpha value is -3.60. The van der Waals surface area contributed by atoms with Crippen molar-refractivity contribution in [3.05, 3.63) is 95.1 Å². The summed E-state index contributed by atoms with van der Waals surface area (Å²) in [6, 6.07) is 23.6. The Labute approximate surface area is 201 Å². The number of amides is 2.